The normalized spacial score (nSPS) is 10.9. The van der Waals surface area contributed by atoms with Crippen LogP contribution >= 0.6 is 0 Å². The number of nitrogens with zero attached hydrogens (tertiary/aromatic N) is 5. The van der Waals surface area contributed by atoms with Crippen LogP contribution in [0, 0.1) is 0 Å². The quantitative estimate of drug-likeness (QED) is 0.563. The Balaban J connectivity index is 1.77. The van der Waals surface area contributed by atoms with Crippen LogP contribution < -0.4 is 0 Å². The fourth-order valence-corrected chi connectivity index (χ4v) is 2.28. The van der Waals surface area contributed by atoms with Gasteiger partial charge >= 0.3 is 0 Å². The van der Waals surface area contributed by atoms with Gasteiger partial charge in [0.05, 0.1) is 11.7 Å². The van der Waals surface area contributed by atoms with E-state index in [-0.39, 0.29) is 0 Å². The molecule has 0 saturated heterocycles. The van der Waals surface area contributed by atoms with Gasteiger partial charge in [-0.2, -0.15) is 0 Å². The lowest BCUT2D eigenvalue weighted by atomic mass is 10.2. The molecule has 0 spiro atoms. The van der Waals surface area contributed by atoms with Gasteiger partial charge in [0.1, 0.15) is 5.82 Å². The van der Waals surface area contributed by atoms with E-state index in [1.165, 1.54) is 0 Å². The van der Waals surface area contributed by atoms with Crippen LogP contribution in [0.2, 0.25) is 0 Å². The Kier molecular flexibility index (Phi) is 2.67. The van der Waals surface area contributed by atoms with Crippen LogP contribution in [0.4, 0.5) is 0 Å². The molecule has 5 nitrogen and oxygen atoms in total. The van der Waals surface area contributed by atoms with Crippen LogP contribution in [-0.2, 0) is 0 Å². The first-order chi connectivity index (χ1) is 10.4. The molecule has 100 valence electrons. The molecule has 0 unspecified atom stereocenters. The van der Waals surface area contributed by atoms with Crippen molar-refractivity contribution in [3.05, 3.63) is 67.5 Å². The Morgan fingerprint density at radius 1 is 0.810 bits per heavy atom. The molecular formula is C16H11N5. The third kappa shape index (κ3) is 2.04. The second kappa shape index (κ2) is 4.79. The minimum absolute atomic E-state index is 0.676. The molecule has 0 atom stereocenters. The lowest BCUT2D eigenvalue weighted by Crippen LogP contribution is -1.96. The molecule has 0 amide bonds. The zero-order valence-electron chi connectivity index (χ0n) is 11.1. The second-order valence-electron chi connectivity index (χ2n) is 4.60. The van der Waals surface area contributed by atoms with E-state index < -0.39 is 0 Å². The summed E-state index contributed by atoms with van der Waals surface area (Å²) in [6, 6.07) is 9.76. The highest BCUT2D eigenvalue weighted by Crippen LogP contribution is 2.19. The first kappa shape index (κ1) is 11.7. The Labute approximate surface area is 121 Å². The van der Waals surface area contributed by atoms with Crippen molar-refractivity contribution >= 4 is 10.9 Å². The highest BCUT2D eigenvalue weighted by atomic mass is 15.1. The predicted octanol–water partition coefficient (Wildman–Crippen LogP) is 2.88. The van der Waals surface area contributed by atoms with Crippen molar-refractivity contribution < 1.29 is 0 Å². The van der Waals surface area contributed by atoms with E-state index in [0.717, 1.165) is 22.3 Å². The van der Waals surface area contributed by atoms with Gasteiger partial charge in [0, 0.05) is 41.9 Å². The van der Waals surface area contributed by atoms with E-state index >= 15 is 0 Å². The third-order valence-corrected chi connectivity index (χ3v) is 3.31. The molecule has 4 aromatic rings. The Bertz CT molecular complexity index is 881. The maximum absolute atomic E-state index is 4.50. The van der Waals surface area contributed by atoms with Gasteiger partial charge in [-0.05, 0) is 30.3 Å². The lowest BCUT2D eigenvalue weighted by molar-refractivity contribution is 1.04. The molecule has 21 heavy (non-hydrogen) atoms. The molecule has 0 aliphatic carbocycles. The predicted molar refractivity (Wildman–Crippen MR) is 79.9 cm³/mol. The van der Waals surface area contributed by atoms with Crippen LogP contribution in [0.5, 0.6) is 0 Å². The largest absolute Gasteiger partial charge is 0.300 e. The molecule has 0 aliphatic heterocycles. The smallest absolute Gasteiger partial charge is 0.160 e. The van der Waals surface area contributed by atoms with E-state index in [1.54, 1.807) is 30.9 Å². The maximum atomic E-state index is 4.50. The molecule has 0 aliphatic rings. The van der Waals surface area contributed by atoms with Crippen LogP contribution in [0.3, 0.4) is 0 Å². The van der Waals surface area contributed by atoms with Crippen molar-refractivity contribution in [1.82, 2.24) is 24.5 Å². The average Bonchev–Trinajstić information content (AvgIpc) is 3.00. The number of hydrogen-bond acceptors (Lipinski definition) is 4. The summed E-state index contributed by atoms with van der Waals surface area (Å²) < 4.78 is 2.01. The number of rotatable bonds is 2. The molecule has 0 aromatic carbocycles. The first-order valence-corrected chi connectivity index (χ1v) is 6.57. The molecule has 4 aromatic heterocycles. The van der Waals surface area contributed by atoms with Crippen molar-refractivity contribution in [2.45, 2.75) is 0 Å². The molecule has 0 bridgehead atoms. The van der Waals surface area contributed by atoms with Crippen LogP contribution in [-0.4, -0.2) is 24.5 Å². The highest BCUT2D eigenvalue weighted by molar-refractivity contribution is 5.80. The SMILES string of the molecule is c1cnc(-c2ccc(-n3ccc4ccncc43)nc2)nc1. The van der Waals surface area contributed by atoms with Gasteiger partial charge in [0.25, 0.3) is 0 Å². The number of aromatic nitrogens is 5. The van der Waals surface area contributed by atoms with Gasteiger partial charge in [0.2, 0.25) is 0 Å². The highest BCUT2D eigenvalue weighted by Gasteiger charge is 2.05. The molecule has 4 rings (SSSR count). The summed E-state index contributed by atoms with van der Waals surface area (Å²) in [5, 5.41) is 1.14. The van der Waals surface area contributed by atoms with Crippen molar-refractivity contribution in [2.24, 2.45) is 0 Å². The lowest BCUT2D eigenvalue weighted by Gasteiger charge is -2.05. The first-order valence-electron chi connectivity index (χ1n) is 6.57. The van der Waals surface area contributed by atoms with Crippen LogP contribution in [0.1, 0.15) is 0 Å². The average molecular weight is 273 g/mol. The third-order valence-electron chi connectivity index (χ3n) is 3.31. The van der Waals surface area contributed by atoms with Crippen molar-refractivity contribution in [1.29, 1.82) is 0 Å². The second-order valence-corrected chi connectivity index (χ2v) is 4.60. The van der Waals surface area contributed by atoms with E-state index in [9.17, 15) is 0 Å². The Morgan fingerprint density at radius 3 is 2.52 bits per heavy atom. The monoisotopic (exact) mass is 273 g/mol. The fraction of sp³-hybridized carbons (Fsp3) is 0. The standard InChI is InChI=1S/C16H11N5/c1-6-18-16(19-7-1)13-2-3-15(20-10-13)21-9-5-12-4-8-17-11-14(12)21/h1-11H. The summed E-state index contributed by atoms with van der Waals surface area (Å²) in [6.45, 7) is 0. The summed E-state index contributed by atoms with van der Waals surface area (Å²) in [4.78, 5) is 17.1. The minimum Gasteiger partial charge on any atom is -0.300 e. The van der Waals surface area contributed by atoms with Gasteiger partial charge < -0.3 is 0 Å². The van der Waals surface area contributed by atoms with E-state index in [2.05, 4.69) is 19.9 Å². The summed E-state index contributed by atoms with van der Waals surface area (Å²) in [5.41, 5.74) is 1.93. The molecule has 5 heteroatoms. The molecule has 0 saturated carbocycles. The van der Waals surface area contributed by atoms with Crippen molar-refractivity contribution in [2.75, 3.05) is 0 Å². The van der Waals surface area contributed by atoms with Crippen LogP contribution in [0.25, 0.3) is 28.1 Å². The van der Waals surface area contributed by atoms with E-state index in [0.29, 0.717) is 5.82 Å². The topological polar surface area (TPSA) is 56.5 Å². The fourth-order valence-electron chi connectivity index (χ4n) is 2.28. The Morgan fingerprint density at radius 2 is 1.71 bits per heavy atom. The molecule has 0 fully saturated rings. The zero-order chi connectivity index (χ0) is 14.1. The van der Waals surface area contributed by atoms with Gasteiger partial charge in [-0.1, -0.05) is 0 Å². The van der Waals surface area contributed by atoms with Gasteiger partial charge in [0.15, 0.2) is 5.82 Å². The summed E-state index contributed by atoms with van der Waals surface area (Å²) >= 11 is 0. The maximum Gasteiger partial charge on any atom is 0.160 e. The molecule has 0 N–H and O–H groups in total. The zero-order valence-corrected chi connectivity index (χ0v) is 11.1. The van der Waals surface area contributed by atoms with Crippen molar-refractivity contribution in [3.63, 3.8) is 0 Å². The minimum atomic E-state index is 0.676. The molecule has 0 radical (unpaired) electrons. The number of fused-ring (bicyclic) bond motifs is 1. The van der Waals surface area contributed by atoms with Gasteiger partial charge in [-0.3, -0.25) is 9.55 Å². The van der Waals surface area contributed by atoms with Gasteiger partial charge in [-0.15, -0.1) is 0 Å². The molecular weight excluding hydrogens is 262 g/mol. The summed E-state index contributed by atoms with van der Waals surface area (Å²) in [5.74, 6) is 1.52. The summed E-state index contributed by atoms with van der Waals surface area (Å²) in [6.07, 6.45) is 10.9. The van der Waals surface area contributed by atoms with E-state index in [1.807, 2.05) is 41.2 Å². The Hall–Kier alpha value is -3.08. The molecule has 4 heterocycles. The number of pyridine rings is 2. The van der Waals surface area contributed by atoms with Crippen molar-refractivity contribution in [3.8, 4) is 17.2 Å². The van der Waals surface area contributed by atoms with E-state index in [4.69, 9.17) is 0 Å². The van der Waals surface area contributed by atoms with Gasteiger partial charge in [-0.25, -0.2) is 15.0 Å². The number of hydrogen-bond donors (Lipinski definition) is 0. The summed E-state index contributed by atoms with van der Waals surface area (Å²) in [7, 11) is 0. The van der Waals surface area contributed by atoms with Crippen LogP contribution in [0.15, 0.2) is 67.5 Å².